The fourth-order valence-corrected chi connectivity index (χ4v) is 1.82. The Labute approximate surface area is 103 Å². The molecule has 0 aliphatic carbocycles. The molecule has 0 aliphatic rings. The van der Waals surface area contributed by atoms with Gasteiger partial charge in [-0.05, 0) is 58.4 Å². The molecular weight excluding hydrogens is 196 g/mol. The van der Waals surface area contributed by atoms with Crippen molar-refractivity contribution in [2.75, 3.05) is 33.2 Å². The van der Waals surface area contributed by atoms with Crippen LogP contribution in [0.5, 0.6) is 0 Å². The van der Waals surface area contributed by atoms with E-state index in [-0.39, 0.29) is 0 Å². The van der Waals surface area contributed by atoms with Crippen LogP contribution in [0.4, 0.5) is 0 Å². The summed E-state index contributed by atoms with van der Waals surface area (Å²) < 4.78 is 0. The van der Waals surface area contributed by atoms with Gasteiger partial charge in [0.15, 0.2) is 0 Å². The molecule has 0 atom stereocenters. The third-order valence-corrected chi connectivity index (χ3v) is 2.89. The Morgan fingerprint density at radius 1 is 1.00 bits per heavy atom. The van der Waals surface area contributed by atoms with Gasteiger partial charge in [-0.15, -0.1) is 0 Å². The quantitative estimate of drug-likeness (QED) is 0.547. The van der Waals surface area contributed by atoms with E-state index in [9.17, 15) is 0 Å². The van der Waals surface area contributed by atoms with E-state index in [1.165, 1.54) is 51.7 Å². The van der Waals surface area contributed by atoms with Crippen molar-refractivity contribution in [2.45, 2.75) is 52.9 Å². The summed E-state index contributed by atoms with van der Waals surface area (Å²) in [7, 11) is 2.25. The molecule has 2 heteroatoms. The van der Waals surface area contributed by atoms with E-state index in [1.54, 1.807) is 0 Å². The van der Waals surface area contributed by atoms with E-state index in [0.717, 1.165) is 12.5 Å². The van der Waals surface area contributed by atoms with E-state index in [2.05, 4.69) is 38.0 Å². The van der Waals surface area contributed by atoms with Crippen LogP contribution in [0.2, 0.25) is 0 Å². The van der Waals surface area contributed by atoms with Gasteiger partial charge >= 0.3 is 0 Å². The number of hydrogen-bond donors (Lipinski definition) is 1. The molecular formula is C14H32N2. The minimum absolute atomic E-state index is 0.864. The van der Waals surface area contributed by atoms with Crippen LogP contribution in [-0.2, 0) is 0 Å². The van der Waals surface area contributed by atoms with Gasteiger partial charge in [-0.1, -0.05) is 33.6 Å². The highest BCUT2D eigenvalue weighted by Gasteiger charge is 1.99. The molecule has 98 valence electrons. The van der Waals surface area contributed by atoms with Gasteiger partial charge in [-0.25, -0.2) is 0 Å². The maximum atomic E-state index is 3.45. The topological polar surface area (TPSA) is 15.3 Å². The fourth-order valence-electron chi connectivity index (χ4n) is 1.82. The highest BCUT2D eigenvalue weighted by atomic mass is 15.1. The predicted molar refractivity (Wildman–Crippen MR) is 74.0 cm³/mol. The van der Waals surface area contributed by atoms with Gasteiger partial charge < -0.3 is 10.2 Å². The van der Waals surface area contributed by atoms with Crippen molar-refractivity contribution >= 4 is 0 Å². The molecule has 0 radical (unpaired) electrons. The second-order valence-corrected chi connectivity index (χ2v) is 5.30. The Balaban J connectivity index is 3.15. The third-order valence-electron chi connectivity index (χ3n) is 2.89. The highest BCUT2D eigenvalue weighted by molar-refractivity contribution is 4.55. The Kier molecular flexibility index (Phi) is 11.3. The van der Waals surface area contributed by atoms with Crippen LogP contribution in [0.3, 0.4) is 0 Å². The molecule has 0 spiro atoms. The molecule has 0 amide bonds. The number of rotatable bonds is 11. The van der Waals surface area contributed by atoms with E-state index in [4.69, 9.17) is 0 Å². The van der Waals surface area contributed by atoms with Crippen molar-refractivity contribution in [3.05, 3.63) is 0 Å². The van der Waals surface area contributed by atoms with Crippen LogP contribution in [0.25, 0.3) is 0 Å². The zero-order valence-corrected chi connectivity index (χ0v) is 11.9. The summed E-state index contributed by atoms with van der Waals surface area (Å²) in [5.41, 5.74) is 0. The van der Waals surface area contributed by atoms with Crippen molar-refractivity contribution in [3.63, 3.8) is 0 Å². The monoisotopic (exact) mass is 228 g/mol. The average molecular weight is 228 g/mol. The lowest BCUT2D eigenvalue weighted by atomic mass is 10.1. The standard InChI is InChI=1S/C14H32N2/c1-5-10-15-11-8-13-16(4)12-7-6-9-14(2)3/h14-15H,5-13H2,1-4H3. The molecule has 0 fully saturated rings. The molecule has 1 N–H and O–H groups in total. The maximum absolute atomic E-state index is 3.45. The van der Waals surface area contributed by atoms with Gasteiger partial charge in [-0.2, -0.15) is 0 Å². The summed E-state index contributed by atoms with van der Waals surface area (Å²) in [5.74, 6) is 0.864. The van der Waals surface area contributed by atoms with Gasteiger partial charge in [0.25, 0.3) is 0 Å². The summed E-state index contributed by atoms with van der Waals surface area (Å²) in [4.78, 5) is 2.47. The zero-order chi connectivity index (χ0) is 12.2. The molecule has 0 aromatic carbocycles. The highest BCUT2D eigenvalue weighted by Crippen LogP contribution is 2.06. The number of hydrogen-bond acceptors (Lipinski definition) is 2. The van der Waals surface area contributed by atoms with Crippen molar-refractivity contribution in [2.24, 2.45) is 5.92 Å². The summed E-state index contributed by atoms with van der Waals surface area (Å²) in [6, 6.07) is 0. The van der Waals surface area contributed by atoms with Crippen LogP contribution in [0.15, 0.2) is 0 Å². The first-order valence-corrected chi connectivity index (χ1v) is 7.06. The van der Waals surface area contributed by atoms with Gasteiger partial charge in [0.05, 0.1) is 0 Å². The molecule has 0 saturated heterocycles. The molecule has 0 heterocycles. The first-order chi connectivity index (χ1) is 7.66. The normalized spacial score (nSPS) is 11.6. The van der Waals surface area contributed by atoms with E-state index in [1.807, 2.05) is 0 Å². The van der Waals surface area contributed by atoms with Gasteiger partial charge in [0, 0.05) is 0 Å². The smallest absolute Gasteiger partial charge is 0.000969 e. The van der Waals surface area contributed by atoms with E-state index < -0.39 is 0 Å². The van der Waals surface area contributed by atoms with Crippen LogP contribution in [0, 0.1) is 5.92 Å². The number of nitrogens with zero attached hydrogens (tertiary/aromatic N) is 1. The molecule has 0 bridgehead atoms. The minimum Gasteiger partial charge on any atom is -0.317 e. The third kappa shape index (κ3) is 12.0. The van der Waals surface area contributed by atoms with Crippen molar-refractivity contribution in [1.29, 1.82) is 0 Å². The van der Waals surface area contributed by atoms with Gasteiger partial charge in [0.2, 0.25) is 0 Å². The Morgan fingerprint density at radius 3 is 2.31 bits per heavy atom. The van der Waals surface area contributed by atoms with Crippen molar-refractivity contribution < 1.29 is 0 Å². The lowest BCUT2D eigenvalue weighted by Gasteiger charge is -2.16. The molecule has 16 heavy (non-hydrogen) atoms. The fraction of sp³-hybridized carbons (Fsp3) is 1.00. The van der Waals surface area contributed by atoms with E-state index in [0.29, 0.717) is 0 Å². The second kappa shape index (κ2) is 11.4. The lowest BCUT2D eigenvalue weighted by molar-refractivity contribution is 0.315. The van der Waals surface area contributed by atoms with Gasteiger partial charge in [-0.3, -0.25) is 0 Å². The first-order valence-electron chi connectivity index (χ1n) is 7.06. The first kappa shape index (κ1) is 15.9. The Bertz CT molecular complexity index is 135. The summed E-state index contributed by atoms with van der Waals surface area (Å²) >= 11 is 0. The molecule has 0 saturated carbocycles. The molecule has 0 rings (SSSR count). The van der Waals surface area contributed by atoms with Crippen molar-refractivity contribution in [1.82, 2.24) is 10.2 Å². The molecule has 0 unspecified atom stereocenters. The second-order valence-electron chi connectivity index (χ2n) is 5.30. The molecule has 2 nitrogen and oxygen atoms in total. The van der Waals surface area contributed by atoms with Crippen LogP contribution in [0.1, 0.15) is 52.9 Å². The Morgan fingerprint density at radius 2 is 1.69 bits per heavy atom. The molecule has 0 aliphatic heterocycles. The summed E-state index contributed by atoms with van der Waals surface area (Å²) in [6.07, 6.45) is 6.64. The SMILES string of the molecule is CCCNCCCN(C)CCCCC(C)C. The van der Waals surface area contributed by atoms with E-state index >= 15 is 0 Å². The Hall–Kier alpha value is -0.0800. The summed E-state index contributed by atoms with van der Waals surface area (Å²) in [5, 5.41) is 3.45. The summed E-state index contributed by atoms with van der Waals surface area (Å²) in [6.45, 7) is 11.7. The predicted octanol–water partition coefficient (Wildman–Crippen LogP) is 3.13. The van der Waals surface area contributed by atoms with Crippen LogP contribution >= 0.6 is 0 Å². The zero-order valence-electron chi connectivity index (χ0n) is 11.9. The van der Waals surface area contributed by atoms with Crippen LogP contribution in [-0.4, -0.2) is 38.1 Å². The average Bonchev–Trinajstić information content (AvgIpc) is 2.24. The number of unbranched alkanes of at least 4 members (excludes halogenated alkanes) is 1. The minimum atomic E-state index is 0.864. The van der Waals surface area contributed by atoms with Crippen LogP contribution < -0.4 is 5.32 Å². The van der Waals surface area contributed by atoms with Gasteiger partial charge in [0.1, 0.15) is 0 Å². The largest absolute Gasteiger partial charge is 0.317 e. The number of nitrogens with one attached hydrogen (secondary N) is 1. The van der Waals surface area contributed by atoms with Crippen molar-refractivity contribution in [3.8, 4) is 0 Å². The lowest BCUT2D eigenvalue weighted by Crippen LogP contribution is -2.25. The molecule has 0 aromatic rings. The maximum Gasteiger partial charge on any atom is -0.000969 e. The molecule has 0 aromatic heterocycles.